The van der Waals surface area contributed by atoms with Gasteiger partial charge in [0.05, 0.1) is 5.41 Å². The van der Waals surface area contributed by atoms with E-state index in [0.29, 0.717) is 36.3 Å². The Morgan fingerprint density at radius 2 is 1.32 bits per heavy atom. The van der Waals surface area contributed by atoms with Crippen LogP contribution in [0.4, 0.5) is 0 Å². The molecule has 220 valence electrons. The molecule has 5 nitrogen and oxygen atoms in total. The van der Waals surface area contributed by atoms with E-state index in [0.717, 1.165) is 25.6 Å². The molecule has 0 amide bonds. The third-order valence-corrected chi connectivity index (χ3v) is 10.7. The molecular weight excluding hydrogens is 680 g/mol. The number of likely N-dealkylation sites (tertiary alicyclic amines) is 2. The number of hydrogen-bond donors (Lipinski definition) is 0. The molecule has 4 aromatic carbocycles. The van der Waals surface area contributed by atoms with Gasteiger partial charge < -0.3 is 0 Å². The van der Waals surface area contributed by atoms with Crippen molar-refractivity contribution in [1.82, 2.24) is 9.80 Å². The largest absolute Gasteiger partial charge is 0.294 e. The minimum Gasteiger partial charge on any atom is -0.294 e. The number of fused-ring (bicyclic) bond motifs is 2. The molecule has 7 heteroatoms. The highest BCUT2D eigenvalue weighted by Gasteiger charge is 2.77. The SMILES string of the molecule is CN1C[C@@H](c2ccc(Br)cc2)[C@@]2(CN(Cc3ccccc3)C/C(=C\c3ccc(Br)cc3)C2=O)C12C(=O)c1ccccc1C2=O. The number of halogens is 2. The number of benzene rings is 4. The number of carbonyl (C=O) groups is 3. The zero-order valence-electron chi connectivity index (χ0n) is 24.2. The highest BCUT2D eigenvalue weighted by molar-refractivity contribution is 9.10. The van der Waals surface area contributed by atoms with E-state index in [2.05, 4.69) is 48.9 Å². The summed E-state index contributed by atoms with van der Waals surface area (Å²) >= 11 is 7.07. The molecule has 0 radical (unpaired) electrons. The number of Topliss-reactive ketones (excluding diaryl/α,β-unsaturated/α-hetero) is 3. The van der Waals surface area contributed by atoms with Crippen molar-refractivity contribution in [3.05, 3.63) is 145 Å². The smallest absolute Gasteiger partial charge is 0.192 e. The van der Waals surface area contributed by atoms with E-state index in [9.17, 15) is 9.59 Å². The van der Waals surface area contributed by atoms with Crippen molar-refractivity contribution in [3.8, 4) is 0 Å². The normalized spacial score (nSPS) is 24.1. The average molecular weight is 710 g/mol. The lowest BCUT2D eigenvalue weighted by Crippen LogP contribution is -2.69. The highest BCUT2D eigenvalue weighted by atomic mass is 79.9. The van der Waals surface area contributed by atoms with Crippen LogP contribution in [0, 0.1) is 5.41 Å². The summed E-state index contributed by atoms with van der Waals surface area (Å²) in [6.07, 6.45) is 1.94. The number of hydrogen-bond acceptors (Lipinski definition) is 5. The minimum absolute atomic E-state index is 0.128. The lowest BCUT2D eigenvalue weighted by molar-refractivity contribution is -0.132. The molecule has 3 aliphatic rings. The molecule has 2 spiro atoms. The van der Waals surface area contributed by atoms with Gasteiger partial charge in [-0.3, -0.25) is 24.2 Å². The maximum atomic E-state index is 15.4. The van der Waals surface area contributed by atoms with E-state index >= 15 is 4.79 Å². The van der Waals surface area contributed by atoms with E-state index in [-0.39, 0.29) is 23.9 Å². The topological polar surface area (TPSA) is 57.7 Å². The van der Waals surface area contributed by atoms with Crippen molar-refractivity contribution in [2.45, 2.75) is 18.0 Å². The summed E-state index contributed by atoms with van der Waals surface area (Å²) in [6.45, 7) is 1.65. The number of rotatable bonds is 4. The third kappa shape index (κ3) is 4.36. The summed E-state index contributed by atoms with van der Waals surface area (Å²) in [5.74, 6) is -1.09. The molecule has 4 aromatic rings. The molecule has 2 fully saturated rings. The van der Waals surface area contributed by atoms with Crippen LogP contribution >= 0.6 is 31.9 Å². The second-order valence-electron chi connectivity index (χ2n) is 12.1. The number of piperidine rings is 1. The highest BCUT2D eigenvalue weighted by Crippen LogP contribution is 2.61. The number of carbonyl (C=O) groups excluding carboxylic acids is 3. The first-order valence-corrected chi connectivity index (χ1v) is 16.3. The summed E-state index contributed by atoms with van der Waals surface area (Å²) in [6, 6.07) is 33.0. The quantitative estimate of drug-likeness (QED) is 0.166. The maximum absolute atomic E-state index is 15.4. The lowest BCUT2D eigenvalue weighted by Gasteiger charge is -2.50. The first kappa shape index (κ1) is 29.2. The van der Waals surface area contributed by atoms with Gasteiger partial charge in [0, 0.05) is 57.7 Å². The van der Waals surface area contributed by atoms with Gasteiger partial charge in [0.2, 0.25) is 0 Å². The van der Waals surface area contributed by atoms with Gasteiger partial charge in [-0.1, -0.05) is 111 Å². The molecular formula is C37H30Br2N2O3. The minimum atomic E-state index is -1.67. The molecule has 2 heterocycles. The third-order valence-electron chi connectivity index (χ3n) is 9.64. The van der Waals surface area contributed by atoms with Crippen molar-refractivity contribution in [2.75, 3.05) is 26.7 Å². The number of likely N-dealkylation sites (N-methyl/N-ethyl adjacent to an activating group) is 1. The number of nitrogens with zero attached hydrogens (tertiary/aromatic N) is 2. The van der Waals surface area contributed by atoms with Gasteiger partial charge in [0.15, 0.2) is 22.9 Å². The molecule has 0 bridgehead atoms. The van der Waals surface area contributed by atoms with Crippen molar-refractivity contribution < 1.29 is 14.4 Å². The first-order chi connectivity index (χ1) is 21.3. The van der Waals surface area contributed by atoms with Crippen LogP contribution in [0.1, 0.15) is 43.3 Å². The van der Waals surface area contributed by atoms with Gasteiger partial charge in [0.25, 0.3) is 0 Å². The Hall–Kier alpha value is -3.49. The zero-order chi connectivity index (χ0) is 30.6. The molecule has 0 unspecified atom stereocenters. The predicted molar refractivity (Wildman–Crippen MR) is 179 cm³/mol. The van der Waals surface area contributed by atoms with E-state index in [1.54, 1.807) is 24.3 Å². The molecule has 2 aliphatic heterocycles. The Morgan fingerprint density at radius 1 is 0.750 bits per heavy atom. The van der Waals surface area contributed by atoms with Crippen LogP contribution in [0.5, 0.6) is 0 Å². The Balaban J connectivity index is 1.48. The Kier molecular flexibility index (Phi) is 7.40. The second kappa shape index (κ2) is 11.1. The molecule has 2 atom stereocenters. The van der Waals surface area contributed by atoms with E-state index in [4.69, 9.17) is 0 Å². The van der Waals surface area contributed by atoms with Crippen molar-refractivity contribution in [3.63, 3.8) is 0 Å². The summed E-state index contributed by atoms with van der Waals surface area (Å²) in [4.78, 5) is 49.1. The molecule has 1 aliphatic carbocycles. The Bertz CT molecular complexity index is 1780. The van der Waals surface area contributed by atoms with Crippen molar-refractivity contribution in [1.29, 1.82) is 0 Å². The van der Waals surface area contributed by atoms with Gasteiger partial charge in [-0.2, -0.15) is 0 Å². The van der Waals surface area contributed by atoms with Crippen LogP contribution in [0.2, 0.25) is 0 Å². The fourth-order valence-corrected chi connectivity index (χ4v) is 8.35. The van der Waals surface area contributed by atoms with Crippen LogP contribution < -0.4 is 0 Å². The molecule has 0 N–H and O–H groups in total. The van der Waals surface area contributed by atoms with Gasteiger partial charge in [-0.05, 0) is 54.1 Å². The summed E-state index contributed by atoms with van der Waals surface area (Å²) in [7, 11) is 1.84. The van der Waals surface area contributed by atoms with Crippen LogP contribution in [0.15, 0.2) is 118 Å². The van der Waals surface area contributed by atoms with Gasteiger partial charge in [-0.25, -0.2) is 0 Å². The summed E-state index contributed by atoms with van der Waals surface area (Å²) in [5, 5.41) is 0. The van der Waals surface area contributed by atoms with E-state index < -0.39 is 16.9 Å². The van der Waals surface area contributed by atoms with E-state index in [1.165, 1.54) is 0 Å². The zero-order valence-corrected chi connectivity index (χ0v) is 27.3. The monoisotopic (exact) mass is 708 g/mol. The first-order valence-electron chi connectivity index (χ1n) is 14.7. The summed E-state index contributed by atoms with van der Waals surface area (Å²) < 4.78 is 1.87. The fraction of sp³-hybridized carbons (Fsp3) is 0.216. The van der Waals surface area contributed by atoms with Gasteiger partial charge in [0.1, 0.15) is 0 Å². The standard InChI is InChI=1S/C37H30Br2N2O3/c1-40-22-32(26-13-17-29(39)18-14-26)36(37(40)34(43)30-9-5-6-10-31(30)35(37)44)23-41(20-25-7-3-2-4-8-25)21-27(33(36)42)19-24-11-15-28(38)16-12-24/h2-19,32H,20-23H2,1H3/b27-19+/t32-,36+/m0/s1. The van der Waals surface area contributed by atoms with Crippen LogP contribution in [-0.4, -0.2) is 59.4 Å². The second-order valence-corrected chi connectivity index (χ2v) is 13.9. The molecule has 0 aromatic heterocycles. The van der Waals surface area contributed by atoms with Crippen molar-refractivity contribution >= 4 is 55.3 Å². The van der Waals surface area contributed by atoms with Gasteiger partial charge in [-0.15, -0.1) is 0 Å². The Morgan fingerprint density at radius 3 is 1.93 bits per heavy atom. The Labute approximate surface area is 273 Å². The number of ketones is 3. The molecule has 0 saturated carbocycles. The van der Waals surface area contributed by atoms with Gasteiger partial charge >= 0.3 is 0 Å². The van der Waals surface area contributed by atoms with Crippen LogP contribution in [0.3, 0.4) is 0 Å². The van der Waals surface area contributed by atoms with Crippen molar-refractivity contribution in [2.24, 2.45) is 5.41 Å². The van der Waals surface area contributed by atoms with Crippen LogP contribution in [0.25, 0.3) is 6.08 Å². The molecule has 2 saturated heterocycles. The molecule has 7 rings (SSSR count). The maximum Gasteiger partial charge on any atom is 0.192 e. The summed E-state index contributed by atoms with van der Waals surface area (Å²) in [5.41, 5.74) is 1.29. The molecule has 44 heavy (non-hydrogen) atoms. The van der Waals surface area contributed by atoms with Crippen LogP contribution in [-0.2, 0) is 11.3 Å². The van der Waals surface area contributed by atoms with E-state index in [1.807, 2.05) is 84.8 Å². The average Bonchev–Trinajstić information content (AvgIpc) is 3.42. The lowest BCUT2D eigenvalue weighted by atomic mass is 9.56. The predicted octanol–water partition coefficient (Wildman–Crippen LogP) is 7.21. The fourth-order valence-electron chi connectivity index (χ4n) is 7.82.